The third-order valence-corrected chi connectivity index (χ3v) is 4.43. The van der Waals surface area contributed by atoms with E-state index in [-0.39, 0.29) is 32.6 Å². The second kappa shape index (κ2) is 7.34. The van der Waals surface area contributed by atoms with E-state index in [1.165, 1.54) is 24.3 Å². The second-order valence-electron chi connectivity index (χ2n) is 5.42. The van der Waals surface area contributed by atoms with Crippen LogP contribution < -0.4 is 5.32 Å². The Morgan fingerprint density at radius 2 is 1.67 bits per heavy atom. The molecule has 0 bridgehead atoms. The average molecular weight is 384 g/mol. The number of amides is 1. The van der Waals surface area contributed by atoms with Crippen molar-refractivity contribution in [1.29, 1.82) is 0 Å². The summed E-state index contributed by atoms with van der Waals surface area (Å²) in [5.74, 6) is -3.00. The molecule has 9 heteroatoms. The molecule has 1 fully saturated rings. The van der Waals surface area contributed by atoms with Crippen molar-refractivity contribution in [3.63, 3.8) is 0 Å². The Kier molecular flexibility index (Phi) is 4.95. The maximum absolute atomic E-state index is 12.1. The van der Waals surface area contributed by atoms with Crippen LogP contribution in [0.1, 0.15) is 26.3 Å². The van der Waals surface area contributed by atoms with Gasteiger partial charge in [0, 0.05) is 5.56 Å². The first kappa shape index (κ1) is 18.2. The molecule has 0 aliphatic carbocycles. The number of carboxylic acids is 2. The van der Waals surface area contributed by atoms with Crippen LogP contribution >= 0.6 is 11.8 Å². The topological polar surface area (TPSA) is 136 Å². The summed E-state index contributed by atoms with van der Waals surface area (Å²) in [6, 6.07) is 9.94. The Morgan fingerprint density at radius 1 is 1.04 bits per heavy atom. The minimum atomic E-state index is -1.29. The molecule has 27 heavy (non-hydrogen) atoms. The van der Waals surface area contributed by atoms with Gasteiger partial charge in [0.15, 0.2) is 5.17 Å². The van der Waals surface area contributed by atoms with Gasteiger partial charge in [-0.3, -0.25) is 4.79 Å². The molecule has 0 aromatic heterocycles. The molecule has 0 atom stereocenters. The van der Waals surface area contributed by atoms with E-state index in [0.717, 1.165) is 17.8 Å². The number of aromatic carboxylic acids is 2. The Bertz CT molecular complexity index is 996. The van der Waals surface area contributed by atoms with E-state index in [0.29, 0.717) is 5.56 Å². The molecule has 3 rings (SSSR count). The van der Waals surface area contributed by atoms with Crippen molar-refractivity contribution in [3.8, 4) is 5.75 Å². The smallest absolute Gasteiger partial charge is 0.335 e. The molecule has 1 saturated heterocycles. The van der Waals surface area contributed by atoms with Crippen molar-refractivity contribution in [1.82, 2.24) is 5.32 Å². The van der Waals surface area contributed by atoms with Crippen molar-refractivity contribution in [2.24, 2.45) is 4.99 Å². The highest BCUT2D eigenvalue weighted by molar-refractivity contribution is 8.18. The van der Waals surface area contributed by atoms with Gasteiger partial charge in [-0.2, -0.15) is 0 Å². The molecule has 0 radical (unpaired) electrons. The molecule has 1 aliphatic heterocycles. The monoisotopic (exact) mass is 384 g/mol. The molecular weight excluding hydrogens is 372 g/mol. The van der Waals surface area contributed by atoms with Gasteiger partial charge in [-0.25, -0.2) is 14.6 Å². The van der Waals surface area contributed by atoms with Crippen LogP contribution in [0.4, 0.5) is 5.69 Å². The minimum Gasteiger partial charge on any atom is -0.507 e. The van der Waals surface area contributed by atoms with Gasteiger partial charge in [-0.1, -0.05) is 18.2 Å². The molecule has 136 valence electrons. The van der Waals surface area contributed by atoms with Crippen LogP contribution in [-0.4, -0.2) is 38.3 Å². The molecular formula is C18H12N2O6S. The number of nitrogens with one attached hydrogen (secondary N) is 1. The highest BCUT2D eigenvalue weighted by Gasteiger charge is 2.24. The predicted molar refractivity (Wildman–Crippen MR) is 99.3 cm³/mol. The lowest BCUT2D eigenvalue weighted by Gasteiger charge is -2.02. The number of phenols is 1. The van der Waals surface area contributed by atoms with Gasteiger partial charge in [-0.05, 0) is 42.1 Å². The molecule has 0 spiro atoms. The van der Waals surface area contributed by atoms with E-state index in [4.69, 9.17) is 10.2 Å². The summed E-state index contributed by atoms with van der Waals surface area (Å²) in [6.45, 7) is 0. The highest BCUT2D eigenvalue weighted by atomic mass is 32.2. The summed E-state index contributed by atoms with van der Waals surface area (Å²) in [7, 11) is 0. The molecule has 1 aliphatic rings. The quantitative estimate of drug-likeness (QED) is 0.595. The molecule has 1 amide bonds. The van der Waals surface area contributed by atoms with Gasteiger partial charge in [0.2, 0.25) is 0 Å². The van der Waals surface area contributed by atoms with Crippen LogP contribution in [-0.2, 0) is 4.79 Å². The summed E-state index contributed by atoms with van der Waals surface area (Å²) < 4.78 is 0. The number of carbonyl (C=O) groups is 3. The maximum atomic E-state index is 12.1. The number of thioether (sulfide) groups is 1. The lowest BCUT2D eigenvalue weighted by atomic mass is 10.1. The Balaban J connectivity index is 1.93. The van der Waals surface area contributed by atoms with Crippen LogP contribution in [0.5, 0.6) is 5.75 Å². The number of aromatic hydroxyl groups is 1. The van der Waals surface area contributed by atoms with Crippen molar-refractivity contribution in [3.05, 3.63) is 64.1 Å². The SMILES string of the molecule is O=C1NC(=Nc2cc(C(=O)O)cc(C(=O)O)c2)S/C1=C\c1ccccc1O. The number of hydrogen-bond donors (Lipinski definition) is 4. The number of amidine groups is 1. The van der Waals surface area contributed by atoms with Crippen LogP contribution in [0.25, 0.3) is 6.08 Å². The van der Waals surface area contributed by atoms with Crippen molar-refractivity contribution in [2.75, 3.05) is 0 Å². The Morgan fingerprint density at radius 3 is 2.26 bits per heavy atom. The summed E-state index contributed by atoms with van der Waals surface area (Å²) in [4.78, 5) is 38.8. The van der Waals surface area contributed by atoms with E-state index < -0.39 is 17.8 Å². The van der Waals surface area contributed by atoms with Gasteiger partial charge in [0.25, 0.3) is 5.91 Å². The van der Waals surface area contributed by atoms with E-state index in [1.807, 2.05) is 0 Å². The number of benzene rings is 2. The van der Waals surface area contributed by atoms with Gasteiger partial charge < -0.3 is 20.6 Å². The van der Waals surface area contributed by atoms with Gasteiger partial charge >= 0.3 is 11.9 Å². The van der Waals surface area contributed by atoms with Crippen LogP contribution in [0.3, 0.4) is 0 Å². The van der Waals surface area contributed by atoms with Crippen LogP contribution in [0.2, 0.25) is 0 Å². The van der Waals surface area contributed by atoms with Crippen LogP contribution in [0, 0.1) is 0 Å². The Labute approximate surface area is 156 Å². The number of rotatable bonds is 4. The second-order valence-corrected chi connectivity index (χ2v) is 6.45. The minimum absolute atomic E-state index is 0.0176. The summed E-state index contributed by atoms with van der Waals surface area (Å²) in [5.41, 5.74) is 0.0819. The summed E-state index contributed by atoms with van der Waals surface area (Å²) in [6.07, 6.45) is 1.49. The number of para-hydroxylation sites is 1. The third-order valence-electron chi connectivity index (χ3n) is 3.52. The molecule has 0 unspecified atom stereocenters. The normalized spacial score (nSPS) is 16.5. The molecule has 2 aromatic rings. The largest absolute Gasteiger partial charge is 0.507 e. The van der Waals surface area contributed by atoms with E-state index in [1.54, 1.807) is 18.2 Å². The zero-order valence-electron chi connectivity index (χ0n) is 13.5. The lowest BCUT2D eigenvalue weighted by Crippen LogP contribution is -2.19. The molecule has 4 N–H and O–H groups in total. The zero-order valence-corrected chi connectivity index (χ0v) is 14.4. The standard InChI is InChI=1S/C18H12N2O6S/c21-13-4-2-1-3-9(13)8-14-15(22)20-18(27-14)19-12-6-10(16(23)24)5-11(7-12)17(25)26/h1-8,21H,(H,23,24)(H,25,26)(H,19,20,22)/b14-8-. The van der Waals surface area contributed by atoms with Crippen molar-refractivity contribution in [2.45, 2.75) is 0 Å². The number of phenolic OH excluding ortho intramolecular Hbond substituents is 1. The molecule has 8 nitrogen and oxygen atoms in total. The summed E-state index contributed by atoms with van der Waals surface area (Å²) >= 11 is 0.990. The van der Waals surface area contributed by atoms with Gasteiger partial charge in [-0.15, -0.1) is 0 Å². The highest BCUT2D eigenvalue weighted by Crippen LogP contribution is 2.30. The fourth-order valence-corrected chi connectivity index (χ4v) is 3.10. The first-order valence-corrected chi connectivity index (χ1v) is 8.34. The van der Waals surface area contributed by atoms with E-state index >= 15 is 0 Å². The van der Waals surface area contributed by atoms with Crippen LogP contribution in [0.15, 0.2) is 52.4 Å². The van der Waals surface area contributed by atoms with Gasteiger partial charge in [0.1, 0.15) is 5.75 Å². The fraction of sp³-hybridized carbons (Fsp3) is 0. The van der Waals surface area contributed by atoms with E-state index in [9.17, 15) is 19.5 Å². The number of nitrogens with zero attached hydrogens (tertiary/aromatic N) is 1. The fourth-order valence-electron chi connectivity index (χ4n) is 2.27. The molecule has 1 heterocycles. The lowest BCUT2D eigenvalue weighted by molar-refractivity contribution is -0.115. The van der Waals surface area contributed by atoms with Gasteiger partial charge in [0.05, 0.1) is 21.7 Å². The molecule has 2 aromatic carbocycles. The maximum Gasteiger partial charge on any atom is 0.335 e. The number of carbonyl (C=O) groups excluding carboxylic acids is 1. The summed E-state index contributed by atoms with van der Waals surface area (Å²) in [5, 5.41) is 30.7. The Hall–Kier alpha value is -3.59. The van der Waals surface area contributed by atoms with E-state index in [2.05, 4.69) is 10.3 Å². The number of carboxylic acid groups (broad SMARTS) is 2. The average Bonchev–Trinajstić information content (AvgIpc) is 2.95. The number of aliphatic imine (C=N–C) groups is 1. The van der Waals surface area contributed by atoms with Crippen molar-refractivity contribution < 1.29 is 29.7 Å². The zero-order chi connectivity index (χ0) is 19.6. The third kappa shape index (κ3) is 4.15. The number of hydrogen-bond acceptors (Lipinski definition) is 6. The predicted octanol–water partition coefficient (Wildman–Crippen LogP) is 2.68. The first-order valence-electron chi connectivity index (χ1n) is 7.53. The first-order chi connectivity index (χ1) is 12.8. The van der Waals surface area contributed by atoms with Crippen molar-refractivity contribution >= 4 is 46.5 Å². The molecule has 0 saturated carbocycles.